The van der Waals surface area contributed by atoms with Gasteiger partial charge in [-0.05, 0) is 13.3 Å². The van der Waals surface area contributed by atoms with Crippen molar-refractivity contribution in [3.05, 3.63) is 5.01 Å². The molecule has 2 rings (SSSR count). The monoisotopic (exact) mass is 357 g/mol. The third-order valence-electron chi connectivity index (χ3n) is 3.43. The summed E-state index contributed by atoms with van der Waals surface area (Å²) in [6, 6.07) is -1.08. The number of likely N-dealkylation sites (N-methyl/N-ethyl adjacent to an activating group) is 2. The lowest BCUT2D eigenvalue weighted by atomic mass is 10.2. The van der Waals surface area contributed by atoms with Crippen molar-refractivity contribution in [2.45, 2.75) is 30.1 Å². The Kier molecular flexibility index (Phi) is 5.94. The number of carbonyl (C=O) groups is 3. The zero-order valence-corrected chi connectivity index (χ0v) is 14.9. The summed E-state index contributed by atoms with van der Waals surface area (Å²) >= 11 is 3.16. The van der Waals surface area contributed by atoms with E-state index < -0.39 is 6.04 Å². The van der Waals surface area contributed by atoms with Crippen LogP contribution in [-0.2, 0) is 9.59 Å². The molecule has 8 nitrogen and oxygen atoms in total. The molecule has 1 aliphatic heterocycles. The lowest BCUT2D eigenvalue weighted by Gasteiger charge is -2.15. The zero-order chi connectivity index (χ0) is 17.0. The van der Waals surface area contributed by atoms with Gasteiger partial charge in [0.15, 0.2) is 4.34 Å². The molecule has 0 radical (unpaired) electrons. The second-order valence-electron chi connectivity index (χ2n) is 5.15. The Balaban J connectivity index is 1.65. The topological polar surface area (TPSA) is 95.5 Å². The molecule has 1 aromatic heterocycles. The van der Waals surface area contributed by atoms with Crippen molar-refractivity contribution in [2.75, 3.05) is 26.4 Å². The number of thioether (sulfide) groups is 1. The molecule has 23 heavy (non-hydrogen) atoms. The van der Waals surface area contributed by atoms with Crippen LogP contribution in [0.25, 0.3) is 0 Å². The molecule has 4 amide bonds. The van der Waals surface area contributed by atoms with E-state index >= 15 is 0 Å². The van der Waals surface area contributed by atoms with Gasteiger partial charge in [-0.3, -0.25) is 14.5 Å². The van der Waals surface area contributed by atoms with E-state index in [1.807, 2.05) is 6.92 Å². The lowest BCUT2D eigenvalue weighted by molar-refractivity contribution is -0.131. The summed E-state index contributed by atoms with van der Waals surface area (Å²) in [5.74, 6) is 0.267. The van der Waals surface area contributed by atoms with Crippen LogP contribution in [0, 0.1) is 6.92 Å². The summed E-state index contributed by atoms with van der Waals surface area (Å²) < 4.78 is 0.925. The highest BCUT2D eigenvalue weighted by atomic mass is 32.2. The number of imide groups is 1. The molecule has 1 saturated heterocycles. The molecule has 126 valence electrons. The van der Waals surface area contributed by atoms with Gasteiger partial charge in [-0.2, -0.15) is 0 Å². The van der Waals surface area contributed by atoms with Crippen LogP contribution in [0.15, 0.2) is 4.34 Å². The van der Waals surface area contributed by atoms with E-state index in [1.165, 1.54) is 19.0 Å². The number of rotatable bonds is 7. The molecule has 0 bridgehead atoms. The fraction of sp³-hybridized carbons (Fsp3) is 0.615. The molecule has 1 fully saturated rings. The predicted molar refractivity (Wildman–Crippen MR) is 87.3 cm³/mol. The van der Waals surface area contributed by atoms with E-state index in [4.69, 9.17) is 0 Å². The Morgan fingerprint density at radius 2 is 2.09 bits per heavy atom. The standard InChI is InChI=1S/C13H19N5O3S2/c1-8-15-16-12(23-8)22-6-4-5-14-10(19)7-9-11(20)18(3)13(21)17(9)2/h9H,4-7H2,1-3H3,(H,14,19)/t9-/m0/s1. The highest BCUT2D eigenvalue weighted by Gasteiger charge is 2.41. The predicted octanol–water partition coefficient (Wildman–Crippen LogP) is 0.727. The van der Waals surface area contributed by atoms with Crippen molar-refractivity contribution in [2.24, 2.45) is 0 Å². The molecular weight excluding hydrogens is 338 g/mol. The van der Waals surface area contributed by atoms with Crippen LogP contribution in [0.4, 0.5) is 4.79 Å². The Morgan fingerprint density at radius 1 is 1.35 bits per heavy atom. The second kappa shape index (κ2) is 7.73. The van der Waals surface area contributed by atoms with Crippen LogP contribution >= 0.6 is 23.1 Å². The molecule has 0 aromatic carbocycles. The minimum atomic E-state index is -0.703. The smallest absolute Gasteiger partial charge is 0.326 e. The third kappa shape index (κ3) is 4.41. The van der Waals surface area contributed by atoms with Crippen molar-refractivity contribution >= 4 is 40.9 Å². The maximum atomic E-state index is 11.9. The maximum absolute atomic E-state index is 11.9. The number of nitrogens with one attached hydrogen (secondary N) is 1. The van der Waals surface area contributed by atoms with Gasteiger partial charge in [0.2, 0.25) is 5.91 Å². The molecule has 1 aromatic rings. The SMILES string of the molecule is Cc1nnc(SCCCNC(=O)C[C@H]2C(=O)N(C)C(=O)N2C)s1. The Bertz CT molecular complexity index is 606. The van der Waals surface area contributed by atoms with Crippen molar-refractivity contribution in [1.29, 1.82) is 0 Å². The Morgan fingerprint density at radius 3 is 2.65 bits per heavy atom. The molecule has 1 atom stereocenters. The first-order chi connectivity index (χ1) is 10.9. The molecule has 10 heteroatoms. The first-order valence-electron chi connectivity index (χ1n) is 7.14. The lowest BCUT2D eigenvalue weighted by Crippen LogP contribution is -2.37. The number of hydrogen-bond donors (Lipinski definition) is 1. The van der Waals surface area contributed by atoms with Crippen molar-refractivity contribution in [1.82, 2.24) is 25.3 Å². The van der Waals surface area contributed by atoms with E-state index in [9.17, 15) is 14.4 Å². The van der Waals surface area contributed by atoms with Gasteiger partial charge >= 0.3 is 6.03 Å². The minimum absolute atomic E-state index is 0.00580. The van der Waals surface area contributed by atoms with E-state index in [0.29, 0.717) is 6.54 Å². The second-order valence-corrected chi connectivity index (χ2v) is 7.67. The average molecular weight is 357 g/mol. The van der Waals surface area contributed by atoms with Gasteiger partial charge in [0.05, 0.1) is 6.42 Å². The summed E-state index contributed by atoms with van der Waals surface area (Å²) in [6.45, 7) is 2.43. The van der Waals surface area contributed by atoms with Gasteiger partial charge in [-0.15, -0.1) is 10.2 Å². The van der Waals surface area contributed by atoms with Gasteiger partial charge in [0.25, 0.3) is 5.91 Å². The normalized spacial score (nSPS) is 18.0. The fourth-order valence-corrected chi connectivity index (χ4v) is 3.95. The molecule has 0 aliphatic carbocycles. The number of amides is 4. The Hall–Kier alpha value is -1.68. The number of aryl methyl sites for hydroxylation is 1. The summed E-state index contributed by atoms with van der Waals surface area (Å²) in [7, 11) is 2.95. The third-order valence-corrected chi connectivity index (χ3v) is 5.49. The van der Waals surface area contributed by atoms with Crippen LogP contribution < -0.4 is 5.32 Å². The number of hydrogen-bond acceptors (Lipinski definition) is 7. The van der Waals surface area contributed by atoms with E-state index in [1.54, 1.807) is 23.1 Å². The zero-order valence-electron chi connectivity index (χ0n) is 13.2. The molecular formula is C13H19N5O3S2. The summed E-state index contributed by atoms with van der Waals surface area (Å²) in [6.07, 6.45) is 0.788. The molecule has 0 unspecified atom stereocenters. The molecule has 2 heterocycles. The van der Waals surface area contributed by atoms with E-state index in [2.05, 4.69) is 15.5 Å². The van der Waals surface area contributed by atoms with Crippen molar-refractivity contribution in [3.8, 4) is 0 Å². The average Bonchev–Trinajstić information content (AvgIpc) is 3.00. The number of carbonyl (C=O) groups excluding carboxylic acids is 3. The van der Waals surface area contributed by atoms with Gasteiger partial charge in [0.1, 0.15) is 11.0 Å². The van der Waals surface area contributed by atoms with Gasteiger partial charge in [-0.1, -0.05) is 23.1 Å². The van der Waals surface area contributed by atoms with Crippen LogP contribution in [0.3, 0.4) is 0 Å². The Labute approximate surface area is 142 Å². The quantitative estimate of drug-likeness (QED) is 0.439. The summed E-state index contributed by atoms with van der Waals surface area (Å²) in [4.78, 5) is 37.7. The van der Waals surface area contributed by atoms with Gasteiger partial charge in [-0.25, -0.2) is 4.79 Å². The number of aromatic nitrogens is 2. The maximum Gasteiger partial charge on any atom is 0.326 e. The molecule has 1 N–H and O–H groups in total. The van der Waals surface area contributed by atoms with E-state index in [0.717, 1.165) is 26.4 Å². The van der Waals surface area contributed by atoms with Crippen molar-refractivity contribution in [3.63, 3.8) is 0 Å². The first-order valence-corrected chi connectivity index (χ1v) is 8.94. The molecule has 1 aliphatic rings. The first kappa shape index (κ1) is 17.7. The highest BCUT2D eigenvalue weighted by Crippen LogP contribution is 2.22. The highest BCUT2D eigenvalue weighted by molar-refractivity contribution is 8.01. The van der Waals surface area contributed by atoms with Crippen LogP contribution in [0.1, 0.15) is 17.8 Å². The summed E-state index contributed by atoms with van der Waals surface area (Å²) in [5, 5.41) is 11.7. The number of urea groups is 1. The summed E-state index contributed by atoms with van der Waals surface area (Å²) in [5.41, 5.74) is 0. The van der Waals surface area contributed by atoms with Gasteiger partial charge < -0.3 is 10.2 Å². The fourth-order valence-electron chi connectivity index (χ4n) is 2.12. The number of nitrogens with zero attached hydrogens (tertiary/aromatic N) is 4. The van der Waals surface area contributed by atoms with Gasteiger partial charge in [0, 0.05) is 26.4 Å². The molecule has 0 spiro atoms. The largest absolute Gasteiger partial charge is 0.356 e. The van der Waals surface area contributed by atoms with Crippen LogP contribution in [0.5, 0.6) is 0 Å². The van der Waals surface area contributed by atoms with Crippen LogP contribution in [0.2, 0.25) is 0 Å². The van der Waals surface area contributed by atoms with Crippen LogP contribution in [-0.4, -0.2) is 70.3 Å². The minimum Gasteiger partial charge on any atom is -0.356 e. The van der Waals surface area contributed by atoms with E-state index in [-0.39, 0.29) is 24.3 Å². The van der Waals surface area contributed by atoms with Crippen molar-refractivity contribution < 1.29 is 14.4 Å². The molecule has 0 saturated carbocycles.